The standard InChI is InChI=1S/C15H25ClN2O/c1-5-17-10-12-9-13(16)7-8-14(12)18(6-2)11-15(3,4)19/h7-9,17,19H,5-6,10-11H2,1-4H3. The van der Waals surface area contributed by atoms with E-state index in [1.165, 1.54) is 5.56 Å². The summed E-state index contributed by atoms with van der Waals surface area (Å²) in [6.07, 6.45) is 0. The third kappa shape index (κ3) is 5.39. The van der Waals surface area contributed by atoms with Crippen molar-refractivity contribution in [1.29, 1.82) is 0 Å². The number of rotatable bonds is 7. The van der Waals surface area contributed by atoms with Gasteiger partial charge in [-0.05, 0) is 51.1 Å². The number of anilines is 1. The Bertz CT molecular complexity index is 402. The number of nitrogens with one attached hydrogen (secondary N) is 1. The van der Waals surface area contributed by atoms with Crippen LogP contribution in [0.25, 0.3) is 0 Å². The lowest BCUT2D eigenvalue weighted by Crippen LogP contribution is -2.39. The topological polar surface area (TPSA) is 35.5 Å². The highest BCUT2D eigenvalue weighted by molar-refractivity contribution is 6.30. The zero-order valence-corrected chi connectivity index (χ0v) is 13.1. The maximum absolute atomic E-state index is 10.0. The molecule has 0 saturated heterocycles. The number of likely N-dealkylation sites (N-methyl/N-ethyl adjacent to an activating group) is 1. The van der Waals surface area contributed by atoms with E-state index in [-0.39, 0.29) is 0 Å². The summed E-state index contributed by atoms with van der Waals surface area (Å²) in [5.74, 6) is 0. The van der Waals surface area contributed by atoms with Crippen molar-refractivity contribution in [2.45, 2.75) is 39.8 Å². The molecule has 4 heteroatoms. The fourth-order valence-electron chi connectivity index (χ4n) is 2.10. The summed E-state index contributed by atoms with van der Waals surface area (Å²) in [7, 11) is 0. The predicted molar refractivity (Wildman–Crippen MR) is 83.0 cm³/mol. The lowest BCUT2D eigenvalue weighted by atomic mass is 10.1. The molecule has 0 aliphatic heterocycles. The SMILES string of the molecule is CCNCc1cc(Cl)ccc1N(CC)CC(C)(C)O. The first kappa shape index (κ1) is 16.3. The summed E-state index contributed by atoms with van der Waals surface area (Å²) in [4.78, 5) is 2.18. The summed E-state index contributed by atoms with van der Waals surface area (Å²) in [5, 5.41) is 14.1. The van der Waals surface area contributed by atoms with E-state index in [0.717, 1.165) is 30.3 Å². The second-order valence-corrected chi connectivity index (χ2v) is 5.82. The Hall–Kier alpha value is -0.770. The highest BCUT2D eigenvalue weighted by atomic mass is 35.5. The van der Waals surface area contributed by atoms with Crippen molar-refractivity contribution in [3.63, 3.8) is 0 Å². The van der Waals surface area contributed by atoms with Crippen molar-refractivity contribution < 1.29 is 5.11 Å². The Morgan fingerprint density at radius 1 is 1.32 bits per heavy atom. The van der Waals surface area contributed by atoms with E-state index in [1.807, 2.05) is 32.0 Å². The van der Waals surface area contributed by atoms with Gasteiger partial charge in [-0.1, -0.05) is 18.5 Å². The minimum atomic E-state index is -0.717. The van der Waals surface area contributed by atoms with E-state index in [2.05, 4.69) is 24.1 Å². The molecule has 0 atom stereocenters. The molecule has 0 amide bonds. The van der Waals surface area contributed by atoms with Crippen molar-refractivity contribution in [1.82, 2.24) is 5.32 Å². The molecule has 2 N–H and O–H groups in total. The lowest BCUT2D eigenvalue weighted by molar-refractivity contribution is 0.0875. The molecule has 0 spiro atoms. The van der Waals surface area contributed by atoms with Crippen LogP contribution in [0.4, 0.5) is 5.69 Å². The number of aliphatic hydroxyl groups is 1. The summed E-state index contributed by atoms with van der Waals surface area (Å²) >= 11 is 6.08. The van der Waals surface area contributed by atoms with E-state index in [9.17, 15) is 5.11 Å². The second kappa shape index (κ2) is 7.13. The van der Waals surface area contributed by atoms with Gasteiger partial charge < -0.3 is 15.3 Å². The van der Waals surface area contributed by atoms with Gasteiger partial charge >= 0.3 is 0 Å². The van der Waals surface area contributed by atoms with Crippen molar-refractivity contribution in [2.75, 3.05) is 24.5 Å². The van der Waals surface area contributed by atoms with Gasteiger partial charge in [0.05, 0.1) is 5.60 Å². The Labute approximate surface area is 121 Å². The van der Waals surface area contributed by atoms with Crippen LogP contribution in [0.1, 0.15) is 33.3 Å². The van der Waals surface area contributed by atoms with E-state index in [1.54, 1.807) is 0 Å². The van der Waals surface area contributed by atoms with Crippen LogP contribution in [0.15, 0.2) is 18.2 Å². The molecule has 0 aromatic heterocycles. The summed E-state index contributed by atoms with van der Waals surface area (Å²) in [5.41, 5.74) is 1.58. The molecular weight excluding hydrogens is 260 g/mol. The van der Waals surface area contributed by atoms with Crippen LogP contribution in [0, 0.1) is 0 Å². The first-order valence-corrected chi connectivity index (χ1v) is 7.21. The largest absolute Gasteiger partial charge is 0.389 e. The zero-order valence-electron chi connectivity index (χ0n) is 12.3. The summed E-state index contributed by atoms with van der Waals surface area (Å²) in [6.45, 7) is 11.0. The van der Waals surface area contributed by atoms with Gasteiger partial charge in [0, 0.05) is 30.3 Å². The molecular formula is C15H25ClN2O. The van der Waals surface area contributed by atoms with Gasteiger partial charge in [0.15, 0.2) is 0 Å². The minimum absolute atomic E-state index is 0.601. The average molecular weight is 285 g/mol. The molecule has 0 radical (unpaired) electrons. The van der Waals surface area contributed by atoms with Crippen LogP contribution in [0.5, 0.6) is 0 Å². The molecule has 3 nitrogen and oxygen atoms in total. The second-order valence-electron chi connectivity index (χ2n) is 5.38. The Morgan fingerprint density at radius 3 is 2.53 bits per heavy atom. The highest BCUT2D eigenvalue weighted by Crippen LogP contribution is 2.25. The molecule has 0 fully saturated rings. The molecule has 1 rings (SSSR count). The smallest absolute Gasteiger partial charge is 0.0765 e. The molecule has 19 heavy (non-hydrogen) atoms. The number of halogens is 1. The molecule has 0 bridgehead atoms. The van der Waals surface area contributed by atoms with Crippen LogP contribution in [-0.2, 0) is 6.54 Å². The fourth-order valence-corrected chi connectivity index (χ4v) is 2.29. The van der Waals surface area contributed by atoms with E-state index < -0.39 is 5.60 Å². The molecule has 1 aromatic rings. The van der Waals surface area contributed by atoms with Crippen LogP contribution < -0.4 is 10.2 Å². The third-order valence-corrected chi connectivity index (χ3v) is 3.14. The van der Waals surface area contributed by atoms with Crippen LogP contribution in [0.3, 0.4) is 0 Å². The lowest BCUT2D eigenvalue weighted by Gasteiger charge is -2.31. The predicted octanol–water partition coefficient (Wildman–Crippen LogP) is 3.05. The zero-order chi connectivity index (χ0) is 14.5. The molecule has 0 aliphatic rings. The normalized spacial score (nSPS) is 11.7. The Morgan fingerprint density at radius 2 is 2.00 bits per heavy atom. The summed E-state index contributed by atoms with van der Waals surface area (Å²) < 4.78 is 0. The average Bonchev–Trinajstić information content (AvgIpc) is 2.32. The van der Waals surface area contributed by atoms with Crippen molar-refractivity contribution in [2.24, 2.45) is 0 Å². The van der Waals surface area contributed by atoms with Gasteiger partial charge in [-0.2, -0.15) is 0 Å². The molecule has 0 unspecified atom stereocenters. The van der Waals surface area contributed by atoms with Gasteiger partial charge in [0.1, 0.15) is 0 Å². The maximum Gasteiger partial charge on any atom is 0.0765 e. The van der Waals surface area contributed by atoms with Gasteiger partial charge in [-0.15, -0.1) is 0 Å². The van der Waals surface area contributed by atoms with E-state index in [4.69, 9.17) is 11.6 Å². The molecule has 0 saturated carbocycles. The van der Waals surface area contributed by atoms with Crippen molar-refractivity contribution >= 4 is 17.3 Å². The van der Waals surface area contributed by atoms with Crippen LogP contribution in [-0.4, -0.2) is 30.3 Å². The first-order valence-electron chi connectivity index (χ1n) is 6.84. The molecule has 108 valence electrons. The number of hydrogen-bond acceptors (Lipinski definition) is 3. The molecule has 0 aliphatic carbocycles. The van der Waals surface area contributed by atoms with Gasteiger partial charge in [-0.25, -0.2) is 0 Å². The monoisotopic (exact) mass is 284 g/mol. The Kier molecular flexibility index (Phi) is 6.11. The van der Waals surface area contributed by atoms with Crippen molar-refractivity contribution in [3.05, 3.63) is 28.8 Å². The minimum Gasteiger partial charge on any atom is -0.389 e. The van der Waals surface area contributed by atoms with Gasteiger partial charge in [-0.3, -0.25) is 0 Å². The maximum atomic E-state index is 10.0. The highest BCUT2D eigenvalue weighted by Gasteiger charge is 2.19. The van der Waals surface area contributed by atoms with E-state index in [0.29, 0.717) is 6.54 Å². The Balaban J connectivity index is 3.01. The number of nitrogens with zero attached hydrogens (tertiary/aromatic N) is 1. The van der Waals surface area contributed by atoms with Gasteiger partial charge in [0.25, 0.3) is 0 Å². The number of hydrogen-bond donors (Lipinski definition) is 2. The van der Waals surface area contributed by atoms with Crippen molar-refractivity contribution in [3.8, 4) is 0 Å². The van der Waals surface area contributed by atoms with Crippen LogP contribution >= 0.6 is 11.6 Å². The van der Waals surface area contributed by atoms with E-state index >= 15 is 0 Å². The molecule has 1 aromatic carbocycles. The third-order valence-electron chi connectivity index (χ3n) is 2.91. The summed E-state index contributed by atoms with van der Waals surface area (Å²) in [6, 6.07) is 5.93. The van der Waals surface area contributed by atoms with Gasteiger partial charge in [0.2, 0.25) is 0 Å². The van der Waals surface area contributed by atoms with Crippen LogP contribution in [0.2, 0.25) is 5.02 Å². The molecule has 0 heterocycles. The number of benzene rings is 1. The first-order chi connectivity index (χ1) is 8.87. The quantitative estimate of drug-likeness (QED) is 0.808. The fraction of sp³-hybridized carbons (Fsp3) is 0.600.